The molecule has 1 saturated carbocycles. The molecule has 110 valence electrons. The molecule has 20 heavy (non-hydrogen) atoms. The molecule has 1 aromatic heterocycles. The maximum Gasteiger partial charge on any atom is 0.251 e. The summed E-state index contributed by atoms with van der Waals surface area (Å²) in [7, 11) is 0. The highest BCUT2D eigenvalue weighted by molar-refractivity contribution is 6.29. The average molecular weight is 297 g/mol. The number of carbonyl (C=O) groups is 1. The summed E-state index contributed by atoms with van der Waals surface area (Å²) in [6.07, 6.45) is 3.41. The number of nitrogens with one attached hydrogen (secondary N) is 2. The number of nitrogens with two attached hydrogens (primary N) is 1. The highest BCUT2D eigenvalue weighted by Crippen LogP contribution is 2.29. The van der Waals surface area contributed by atoms with E-state index in [1.807, 2.05) is 0 Å². The second-order valence-corrected chi connectivity index (χ2v) is 5.94. The Morgan fingerprint density at radius 3 is 2.85 bits per heavy atom. The number of hydrogen-bond acceptors (Lipinski definition) is 4. The number of hydrogen-bond donors (Lipinski definition) is 3. The molecule has 1 aliphatic rings. The first-order valence-corrected chi connectivity index (χ1v) is 7.34. The topological polar surface area (TPSA) is 80.0 Å². The quantitative estimate of drug-likeness (QED) is 0.455. The van der Waals surface area contributed by atoms with Gasteiger partial charge in [-0.2, -0.15) is 0 Å². The summed E-state index contributed by atoms with van der Waals surface area (Å²) in [5.41, 5.74) is 2.88. The summed E-state index contributed by atoms with van der Waals surface area (Å²) in [5, 5.41) is 3.35. The molecule has 5 nitrogen and oxygen atoms in total. The van der Waals surface area contributed by atoms with Crippen molar-refractivity contribution in [2.75, 3.05) is 5.43 Å². The Kier molecular flexibility index (Phi) is 4.83. The molecule has 3 unspecified atom stereocenters. The van der Waals surface area contributed by atoms with Gasteiger partial charge < -0.3 is 10.7 Å². The average Bonchev–Trinajstić information content (AvgIpc) is 2.43. The van der Waals surface area contributed by atoms with Gasteiger partial charge in [0, 0.05) is 11.6 Å². The van der Waals surface area contributed by atoms with Gasteiger partial charge in [-0.3, -0.25) is 4.79 Å². The minimum Gasteiger partial charge on any atom is -0.349 e. The van der Waals surface area contributed by atoms with Crippen LogP contribution in [0.4, 0.5) is 5.82 Å². The lowest BCUT2D eigenvalue weighted by Gasteiger charge is -2.34. The highest BCUT2D eigenvalue weighted by Gasteiger charge is 2.28. The number of hydrazine groups is 1. The number of nitrogen functional groups attached to an aromatic ring is 1. The Hall–Kier alpha value is -1.33. The van der Waals surface area contributed by atoms with E-state index in [-0.39, 0.29) is 17.1 Å². The predicted molar refractivity (Wildman–Crippen MR) is 80.5 cm³/mol. The second kappa shape index (κ2) is 6.41. The maximum atomic E-state index is 12.3. The van der Waals surface area contributed by atoms with Gasteiger partial charge in [-0.05, 0) is 30.4 Å². The molecule has 0 bridgehead atoms. The Morgan fingerprint density at radius 2 is 2.15 bits per heavy atom. The molecule has 6 heteroatoms. The van der Waals surface area contributed by atoms with Crippen LogP contribution in [0, 0.1) is 11.8 Å². The van der Waals surface area contributed by atoms with E-state index in [4.69, 9.17) is 17.4 Å². The Labute approximate surface area is 124 Å². The largest absolute Gasteiger partial charge is 0.349 e. The Morgan fingerprint density at radius 1 is 1.40 bits per heavy atom. The van der Waals surface area contributed by atoms with Crippen molar-refractivity contribution in [2.45, 2.75) is 39.2 Å². The van der Waals surface area contributed by atoms with E-state index in [1.165, 1.54) is 6.42 Å². The molecule has 0 aliphatic heterocycles. The van der Waals surface area contributed by atoms with E-state index in [2.05, 4.69) is 29.6 Å². The zero-order valence-corrected chi connectivity index (χ0v) is 12.6. The number of anilines is 1. The van der Waals surface area contributed by atoms with Gasteiger partial charge in [0.2, 0.25) is 0 Å². The minimum absolute atomic E-state index is 0.128. The molecular formula is C14H21ClN4O. The van der Waals surface area contributed by atoms with Crippen molar-refractivity contribution in [1.29, 1.82) is 0 Å². The van der Waals surface area contributed by atoms with Gasteiger partial charge in [-0.1, -0.05) is 38.3 Å². The first kappa shape index (κ1) is 15.1. The molecule has 0 saturated heterocycles. The van der Waals surface area contributed by atoms with Crippen LogP contribution >= 0.6 is 11.6 Å². The van der Waals surface area contributed by atoms with Crippen molar-refractivity contribution in [3.63, 3.8) is 0 Å². The molecule has 2 rings (SSSR count). The van der Waals surface area contributed by atoms with Crippen LogP contribution in [0.5, 0.6) is 0 Å². The standard InChI is InChI=1S/C14H21ClN4O/c1-8-4-3-5-11(9(8)2)17-14(20)10-6-12(15)18-13(7-10)19-16/h6-9,11H,3-5,16H2,1-2H3,(H,17,20)(H,18,19). The number of nitrogens with zero attached hydrogens (tertiary/aromatic N) is 1. The summed E-state index contributed by atoms with van der Waals surface area (Å²) >= 11 is 5.88. The molecule has 1 amide bonds. The smallest absolute Gasteiger partial charge is 0.251 e. The van der Waals surface area contributed by atoms with Crippen molar-refractivity contribution in [3.05, 3.63) is 22.8 Å². The molecule has 0 radical (unpaired) electrons. The van der Waals surface area contributed by atoms with Crippen LogP contribution < -0.4 is 16.6 Å². The molecule has 0 spiro atoms. The van der Waals surface area contributed by atoms with Crippen molar-refractivity contribution in [2.24, 2.45) is 17.7 Å². The molecule has 0 aromatic carbocycles. The van der Waals surface area contributed by atoms with E-state index >= 15 is 0 Å². The third-order valence-electron chi connectivity index (χ3n) is 4.23. The summed E-state index contributed by atoms with van der Waals surface area (Å²) in [5.74, 6) is 6.68. The third-order valence-corrected chi connectivity index (χ3v) is 4.42. The van der Waals surface area contributed by atoms with Gasteiger partial charge in [0.05, 0.1) is 0 Å². The Bertz CT molecular complexity index is 494. The number of aromatic nitrogens is 1. The monoisotopic (exact) mass is 296 g/mol. The lowest BCUT2D eigenvalue weighted by molar-refractivity contribution is 0.0891. The van der Waals surface area contributed by atoms with Gasteiger partial charge in [0.25, 0.3) is 5.91 Å². The molecule has 1 fully saturated rings. The summed E-state index contributed by atoms with van der Waals surface area (Å²) in [6.45, 7) is 4.43. The van der Waals surface area contributed by atoms with Gasteiger partial charge in [-0.25, -0.2) is 10.8 Å². The van der Waals surface area contributed by atoms with Gasteiger partial charge >= 0.3 is 0 Å². The zero-order chi connectivity index (χ0) is 14.7. The van der Waals surface area contributed by atoms with Crippen LogP contribution in [0.15, 0.2) is 12.1 Å². The highest BCUT2D eigenvalue weighted by atomic mass is 35.5. The van der Waals surface area contributed by atoms with E-state index in [0.29, 0.717) is 23.2 Å². The SMILES string of the molecule is CC1CCCC(NC(=O)c2cc(Cl)nc(NN)c2)C1C. The number of halogens is 1. The number of rotatable bonds is 3. The number of pyridine rings is 1. The zero-order valence-electron chi connectivity index (χ0n) is 11.8. The molecular weight excluding hydrogens is 276 g/mol. The second-order valence-electron chi connectivity index (χ2n) is 5.56. The fourth-order valence-corrected chi connectivity index (χ4v) is 2.95. The maximum absolute atomic E-state index is 12.3. The Balaban J connectivity index is 2.09. The van der Waals surface area contributed by atoms with E-state index < -0.39 is 0 Å². The van der Waals surface area contributed by atoms with Crippen LogP contribution in [-0.4, -0.2) is 16.9 Å². The lowest BCUT2D eigenvalue weighted by atomic mass is 9.78. The van der Waals surface area contributed by atoms with Crippen LogP contribution in [-0.2, 0) is 0 Å². The van der Waals surface area contributed by atoms with Crippen LogP contribution in [0.25, 0.3) is 0 Å². The summed E-state index contributed by atoms with van der Waals surface area (Å²) in [6, 6.07) is 3.36. The first-order valence-electron chi connectivity index (χ1n) is 6.96. The van der Waals surface area contributed by atoms with Crippen LogP contribution in [0.2, 0.25) is 5.15 Å². The number of carbonyl (C=O) groups excluding carboxylic acids is 1. The molecule has 1 aromatic rings. The molecule has 1 aliphatic carbocycles. The normalized spacial score (nSPS) is 26.1. The first-order chi connectivity index (χ1) is 9.51. The van der Waals surface area contributed by atoms with Crippen molar-refractivity contribution in [1.82, 2.24) is 10.3 Å². The fraction of sp³-hybridized carbons (Fsp3) is 0.571. The van der Waals surface area contributed by atoms with E-state index in [9.17, 15) is 4.79 Å². The lowest BCUT2D eigenvalue weighted by Crippen LogP contribution is -2.43. The predicted octanol–water partition coefficient (Wildman–Crippen LogP) is 2.58. The van der Waals surface area contributed by atoms with Gasteiger partial charge in [0.1, 0.15) is 11.0 Å². The molecule has 4 N–H and O–H groups in total. The minimum atomic E-state index is -0.128. The van der Waals surface area contributed by atoms with Crippen molar-refractivity contribution in [3.8, 4) is 0 Å². The summed E-state index contributed by atoms with van der Waals surface area (Å²) < 4.78 is 0. The van der Waals surface area contributed by atoms with Crippen molar-refractivity contribution >= 4 is 23.3 Å². The van der Waals surface area contributed by atoms with Crippen LogP contribution in [0.1, 0.15) is 43.5 Å². The summed E-state index contributed by atoms with van der Waals surface area (Å²) in [4.78, 5) is 16.3. The van der Waals surface area contributed by atoms with Crippen molar-refractivity contribution < 1.29 is 4.79 Å². The van der Waals surface area contributed by atoms with Gasteiger partial charge in [-0.15, -0.1) is 0 Å². The van der Waals surface area contributed by atoms with E-state index in [0.717, 1.165) is 12.8 Å². The molecule has 3 atom stereocenters. The van der Waals surface area contributed by atoms with Crippen LogP contribution in [0.3, 0.4) is 0 Å². The van der Waals surface area contributed by atoms with E-state index in [1.54, 1.807) is 12.1 Å². The fourth-order valence-electron chi connectivity index (χ4n) is 2.74. The van der Waals surface area contributed by atoms with Gasteiger partial charge in [0.15, 0.2) is 0 Å². The third kappa shape index (κ3) is 3.41. The number of amides is 1. The molecule has 1 heterocycles.